The van der Waals surface area contributed by atoms with E-state index in [1.807, 2.05) is 0 Å². The molecule has 4 rings (SSSR count). The second-order valence-electron chi connectivity index (χ2n) is 9.23. The molecule has 3 aliphatic rings. The number of urea groups is 1. The molecule has 5 nitrogen and oxygen atoms in total. The van der Waals surface area contributed by atoms with Crippen molar-refractivity contribution in [3.8, 4) is 0 Å². The van der Waals surface area contributed by atoms with Gasteiger partial charge in [0, 0.05) is 44.0 Å². The Kier molecular flexibility index (Phi) is 6.96. The molecule has 29 heavy (non-hydrogen) atoms. The molecule has 1 unspecified atom stereocenters. The van der Waals surface area contributed by atoms with Crippen LogP contribution in [0.4, 0.5) is 10.5 Å². The van der Waals surface area contributed by atoms with Gasteiger partial charge in [-0.15, -0.1) is 0 Å². The minimum atomic E-state index is -0.0276. The maximum atomic E-state index is 12.6. The third-order valence-electron chi connectivity index (χ3n) is 7.14. The van der Waals surface area contributed by atoms with Crippen molar-refractivity contribution in [2.45, 2.75) is 82.8 Å². The molecule has 1 saturated carbocycles. The first-order valence-corrected chi connectivity index (χ1v) is 11.8. The summed E-state index contributed by atoms with van der Waals surface area (Å²) >= 11 is 0. The topological polar surface area (TPSA) is 47.6 Å². The predicted molar refractivity (Wildman–Crippen MR) is 119 cm³/mol. The van der Waals surface area contributed by atoms with E-state index < -0.39 is 0 Å². The summed E-state index contributed by atoms with van der Waals surface area (Å²) in [4.78, 5) is 17.7. The Balaban J connectivity index is 1.23. The molecule has 2 aliphatic heterocycles. The molecule has 160 valence electrons. The summed E-state index contributed by atoms with van der Waals surface area (Å²) in [6.45, 7) is 6.62. The van der Waals surface area contributed by atoms with Gasteiger partial charge in [-0.3, -0.25) is 0 Å². The summed E-state index contributed by atoms with van der Waals surface area (Å²) in [7, 11) is 0. The average molecular weight is 399 g/mol. The van der Waals surface area contributed by atoms with Crippen LogP contribution in [0, 0.1) is 0 Å². The minimum Gasteiger partial charge on any atom is -0.372 e. The van der Waals surface area contributed by atoms with E-state index in [1.165, 1.54) is 56.2 Å². The van der Waals surface area contributed by atoms with Crippen LogP contribution >= 0.6 is 0 Å². The van der Waals surface area contributed by atoms with Crippen molar-refractivity contribution in [2.24, 2.45) is 0 Å². The van der Waals surface area contributed by atoms with Crippen LogP contribution in [0.3, 0.4) is 0 Å². The molecule has 0 bridgehead atoms. The van der Waals surface area contributed by atoms with Gasteiger partial charge in [-0.1, -0.05) is 31.4 Å². The summed E-state index contributed by atoms with van der Waals surface area (Å²) in [5.41, 5.74) is 2.46. The van der Waals surface area contributed by atoms with Crippen molar-refractivity contribution in [2.75, 3.05) is 31.1 Å². The van der Waals surface area contributed by atoms with Crippen molar-refractivity contribution in [1.82, 2.24) is 15.5 Å². The van der Waals surface area contributed by atoms with Crippen molar-refractivity contribution in [3.63, 3.8) is 0 Å². The second kappa shape index (κ2) is 9.84. The lowest BCUT2D eigenvalue weighted by atomic mass is 9.92. The van der Waals surface area contributed by atoms with Gasteiger partial charge in [0.25, 0.3) is 0 Å². The molecule has 1 aromatic rings. The van der Waals surface area contributed by atoms with E-state index in [-0.39, 0.29) is 12.1 Å². The first-order chi connectivity index (χ1) is 14.2. The molecule has 1 aromatic carbocycles. The lowest BCUT2D eigenvalue weighted by Gasteiger charge is -2.39. The number of carbonyl (C=O) groups is 1. The van der Waals surface area contributed by atoms with Crippen LogP contribution < -0.4 is 15.5 Å². The third-order valence-corrected chi connectivity index (χ3v) is 7.14. The fraction of sp³-hybridized carbons (Fsp3) is 0.708. The smallest absolute Gasteiger partial charge is 0.315 e. The number of likely N-dealkylation sites (tertiary alicyclic amines) is 1. The lowest BCUT2D eigenvalue weighted by Crippen LogP contribution is -2.50. The molecule has 0 aromatic heterocycles. The molecule has 0 spiro atoms. The summed E-state index contributed by atoms with van der Waals surface area (Å²) < 4.78 is 0. The van der Waals surface area contributed by atoms with Crippen LogP contribution in [0.5, 0.6) is 0 Å². The highest BCUT2D eigenvalue weighted by molar-refractivity contribution is 5.74. The minimum absolute atomic E-state index is 0.0138. The molecule has 3 fully saturated rings. The van der Waals surface area contributed by atoms with E-state index in [1.54, 1.807) is 0 Å². The summed E-state index contributed by atoms with van der Waals surface area (Å²) in [6, 6.07) is 9.73. The van der Waals surface area contributed by atoms with Gasteiger partial charge in [0.05, 0.1) is 6.04 Å². The van der Waals surface area contributed by atoms with Crippen molar-refractivity contribution in [3.05, 3.63) is 29.8 Å². The number of hydrogen-bond acceptors (Lipinski definition) is 3. The molecule has 1 aliphatic carbocycles. The number of benzene rings is 1. The van der Waals surface area contributed by atoms with Crippen LogP contribution in [0.15, 0.2) is 24.3 Å². The fourth-order valence-electron chi connectivity index (χ4n) is 5.33. The van der Waals surface area contributed by atoms with E-state index in [2.05, 4.69) is 51.6 Å². The van der Waals surface area contributed by atoms with Gasteiger partial charge in [-0.05, 0) is 63.1 Å². The summed E-state index contributed by atoms with van der Waals surface area (Å²) in [5, 5.41) is 6.38. The predicted octanol–water partition coefficient (Wildman–Crippen LogP) is 4.44. The maximum Gasteiger partial charge on any atom is 0.315 e. The quantitative estimate of drug-likeness (QED) is 0.771. The monoisotopic (exact) mass is 398 g/mol. The zero-order valence-corrected chi connectivity index (χ0v) is 18.0. The highest BCUT2D eigenvalue weighted by atomic mass is 16.2. The standard InChI is InChI=1S/C24H38N4O/c1-19(20-8-7-11-23(18-20)27-14-5-6-15-27)25-24(29)26-21-12-16-28(17-13-21)22-9-3-2-4-10-22/h7-8,11,18-19,21-22H,2-6,9-10,12-17H2,1H3,(H2,25,26,29). The lowest BCUT2D eigenvalue weighted by molar-refractivity contribution is 0.117. The normalized spacial score (nSPS) is 23.1. The number of nitrogens with one attached hydrogen (secondary N) is 2. The third kappa shape index (κ3) is 5.44. The highest BCUT2D eigenvalue weighted by Gasteiger charge is 2.27. The second-order valence-corrected chi connectivity index (χ2v) is 9.23. The van der Waals surface area contributed by atoms with Gasteiger partial charge in [0.2, 0.25) is 0 Å². The number of amides is 2. The fourth-order valence-corrected chi connectivity index (χ4v) is 5.33. The molecule has 2 amide bonds. The first-order valence-electron chi connectivity index (χ1n) is 11.8. The number of rotatable bonds is 5. The van der Waals surface area contributed by atoms with Gasteiger partial charge in [-0.2, -0.15) is 0 Å². The maximum absolute atomic E-state index is 12.6. The van der Waals surface area contributed by atoms with Crippen LogP contribution in [0.25, 0.3) is 0 Å². The summed E-state index contributed by atoms with van der Waals surface area (Å²) in [6.07, 6.45) is 11.6. The molecule has 0 radical (unpaired) electrons. The average Bonchev–Trinajstić information content (AvgIpc) is 3.30. The molecule has 2 N–H and O–H groups in total. The van der Waals surface area contributed by atoms with Crippen LogP contribution in [0.1, 0.15) is 76.3 Å². The van der Waals surface area contributed by atoms with Crippen LogP contribution in [-0.4, -0.2) is 49.2 Å². The Morgan fingerprint density at radius 1 is 0.966 bits per heavy atom. The summed E-state index contributed by atoms with van der Waals surface area (Å²) in [5.74, 6) is 0. The van der Waals surface area contributed by atoms with E-state index in [9.17, 15) is 4.79 Å². The Labute approximate surface area is 176 Å². The zero-order chi connectivity index (χ0) is 20.1. The Bertz CT molecular complexity index is 659. The first kappa shape index (κ1) is 20.5. The van der Waals surface area contributed by atoms with E-state index in [4.69, 9.17) is 0 Å². The van der Waals surface area contributed by atoms with E-state index in [0.717, 1.165) is 45.1 Å². The molecular weight excluding hydrogens is 360 g/mol. The Hall–Kier alpha value is -1.75. The SMILES string of the molecule is CC(NC(=O)NC1CCN(C2CCCCC2)CC1)c1cccc(N2CCCC2)c1. The Morgan fingerprint density at radius 2 is 1.69 bits per heavy atom. The van der Waals surface area contributed by atoms with Gasteiger partial charge in [0.1, 0.15) is 0 Å². The largest absolute Gasteiger partial charge is 0.372 e. The number of carbonyl (C=O) groups excluding carboxylic acids is 1. The number of piperidine rings is 1. The Morgan fingerprint density at radius 3 is 2.41 bits per heavy atom. The molecule has 1 atom stereocenters. The van der Waals surface area contributed by atoms with Gasteiger partial charge in [0.15, 0.2) is 0 Å². The molecule has 2 saturated heterocycles. The molecule has 5 heteroatoms. The van der Waals surface area contributed by atoms with Gasteiger partial charge < -0.3 is 20.4 Å². The van der Waals surface area contributed by atoms with E-state index >= 15 is 0 Å². The number of hydrogen-bond donors (Lipinski definition) is 2. The van der Waals surface area contributed by atoms with E-state index in [0.29, 0.717) is 6.04 Å². The van der Waals surface area contributed by atoms with Crippen molar-refractivity contribution >= 4 is 11.7 Å². The van der Waals surface area contributed by atoms with Gasteiger partial charge in [-0.25, -0.2) is 4.79 Å². The molecular formula is C24H38N4O. The zero-order valence-electron chi connectivity index (χ0n) is 18.0. The molecule has 2 heterocycles. The van der Waals surface area contributed by atoms with Crippen LogP contribution in [0.2, 0.25) is 0 Å². The van der Waals surface area contributed by atoms with Crippen LogP contribution in [-0.2, 0) is 0 Å². The highest BCUT2D eigenvalue weighted by Crippen LogP contribution is 2.26. The number of nitrogens with zero attached hydrogens (tertiary/aromatic N) is 2. The van der Waals surface area contributed by atoms with Crippen molar-refractivity contribution in [1.29, 1.82) is 0 Å². The number of anilines is 1. The van der Waals surface area contributed by atoms with Crippen molar-refractivity contribution < 1.29 is 4.79 Å². The van der Waals surface area contributed by atoms with Gasteiger partial charge >= 0.3 is 6.03 Å².